The quantitative estimate of drug-likeness (QED) is 0.161. The zero-order valence-electron chi connectivity index (χ0n) is 28.8. The van der Waals surface area contributed by atoms with Crippen LogP contribution in [0.15, 0.2) is 0 Å². The molecule has 0 aliphatic rings. The summed E-state index contributed by atoms with van der Waals surface area (Å²) in [5, 5.41) is 0. The highest BCUT2D eigenvalue weighted by Crippen LogP contribution is 1.69. The first-order valence-corrected chi connectivity index (χ1v) is 13.5. The van der Waals surface area contributed by atoms with Gasteiger partial charge in [-0.05, 0) is 55.4 Å². The molecule has 0 radical (unpaired) electrons. The van der Waals surface area contributed by atoms with Crippen LogP contribution in [0, 0.1) is 0 Å². The maximum Gasteiger partial charge on any atom is 0.404 e. The van der Waals surface area contributed by atoms with Gasteiger partial charge in [-0.1, -0.05) is 0 Å². The predicted octanol–water partition coefficient (Wildman–Crippen LogP) is 0.813. The zero-order chi connectivity index (χ0) is 39.9. The van der Waals surface area contributed by atoms with Gasteiger partial charge < -0.3 is 83.8 Å². The van der Waals surface area contributed by atoms with Crippen molar-refractivity contribution >= 4 is 48.7 Å². The minimum absolute atomic E-state index is 0.356. The average Bonchev–Trinajstić information content (AvgIpc) is 2.90. The maximum atomic E-state index is 9.60. The van der Waals surface area contributed by atoms with E-state index in [9.17, 15) is 38.4 Å². The van der Waals surface area contributed by atoms with Crippen molar-refractivity contribution in [2.45, 2.75) is 55.4 Å². The lowest BCUT2D eigenvalue weighted by molar-refractivity contribution is 0.162. The van der Waals surface area contributed by atoms with Crippen molar-refractivity contribution in [3.8, 4) is 0 Å². The molecule has 0 saturated heterocycles. The SMILES string of the molecule is CCOC(N)=O.CCOC(N)=O.CCOC(N)=O.CCOC(N)=O.CCOC(N)=O.CCOC(N)=O.CCOC(N)=O.CCOC(N)=O. The molecule has 24 nitrogen and oxygen atoms in total. The van der Waals surface area contributed by atoms with E-state index in [-0.39, 0.29) is 0 Å². The predicted molar refractivity (Wildman–Crippen MR) is 170 cm³/mol. The second kappa shape index (κ2) is 56.9. The second-order valence-corrected chi connectivity index (χ2v) is 6.02. The lowest BCUT2D eigenvalue weighted by Crippen LogP contribution is -2.11. The van der Waals surface area contributed by atoms with Gasteiger partial charge >= 0.3 is 48.7 Å². The van der Waals surface area contributed by atoms with Crippen LogP contribution in [0.4, 0.5) is 38.4 Å². The highest BCUT2D eigenvalue weighted by atomic mass is 16.6. The van der Waals surface area contributed by atoms with E-state index in [4.69, 9.17) is 0 Å². The molecule has 0 atom stereocenters. The van der Waals surface area contributed by atoms with Crippen LogP contribution in [-0.4, -0.2) is 102 Å². The topological polar surface area (TPSA) is 419 Å². The van der Waals surface area contributed by atoms with Gasteiger partial charge in [-0.3, -0.25) is 0 Å². The summed E-state index contributed by atoms with van der Waals surface area (Å²) in [5.74, 6) is 0. The number of primary amides is 8. The van der Waals surface area contributed by atoms with Crippen molar-refractivity contribution < 1.29 is 76.3 Å². The zero-order valence-corrected chi connectivity index (χ0v) is 28.8. The van der Waals surface area contributed by atoms with Crippen LogP contribution < -0.4 is 45.9 Å². The maximum absolute atomic E-state index is 9.60. The Morgan fingerprint density at radius 2 is 0.312 bits per heavy atom. The highest BCUT2D eigenvalue weighted by molar-refractivity contribution is 5.66. The average molecular weight is 713 g/mol. The Morgan fingerprint density at radius 1 is 0.250 bits per heavy atom. The van der Waals surface area contributed by atoms with E-state index in [0.717, 1.165) is 0 Å². The number of hydrogen-bond acceptors (Lipinski definition) is 16. The van der Waals surface area contributed by atoms with Crippen molar-refractivity contribution in [2.24, 2.45) is 45.9 Å². The standard InChI is InChI=1S/8C3H7NO2/c8*1-2-6-3(4)5/h8*2H2,1H3,(H2,4,5). The van der Waals surface area contributed by atoms with E-state index < -0.39 is 48.7 Å². The summed E-state index contributed by atoms with van der Waals surface area (Å²) in [6.45, 7) is 16.4. The number of amides is 8. The van der Waals surface area contributed by atoms with Crippen molar-refractivity contribution in [1.29, 1.82) is 0 Å². The van der Waals surface area contributed by atoms with Gasteiger partial charge in [0.25, 0.3) is 0 Å². The van der Waals surface area contributed by atoms with Gasteiger partial charge in [0.05, 0.1) is 52.9 Å². The largest absolute Gasteiger partial charge is 0.450 e. The second-order valence-electron chi connectivity index (χ2n) is 6.02. The van der Waals surface area contributed by atoms with Gasteiger partial charge in [-0.2, -0.15) is 0 Å². The smallest absolute Gasteiger partial charge is 0.404 e. The number of carbonyl (C=O) groups is 8. The molecule has 24 heteroatoms. The Morgan fingerprint density at radius 3 is 0.312 bits per heavy atom. The van der Waals surface area contributed by atoms with Gasteiger partial charge in [0, 0.05) is 0 Å². The first-order valence-electron chi connectivity index (χ1n) is 13.5. The first kappa shape index (κ1) is 61.2. The van der Waals surface area contributed by atoms with E-state index >= 15 is 0 Å². The fourth-order valence-corrected chi connectivity index (χ4v) is 1.14. The number of rotatable bonds is 8. The lowest BCUT2D eigenvalue weighted by Gasteiger charge is -1.89. The Bertz CT molecular complexity index is 614. The summed E-state index contributed by atoms with van der Waals surface area (Å²) in [6, 6.07) is 0. The van der Waals surface area contributed by atoms with Gasteiger partial charge in [-0.15, -0.1) is 0 Å². The Kier molecular flexibility index (Phi) is 72.5. The molecule has 0 saturated carbocycles. The molecule has 8 amide bonds. The molecule has 0 unspecified atom stereocenters. The molecule has 288 valence electrons. The third-order valence-corrected chi connectivity index (χ3v) is 2.29. The third kappa shape index (κ3) is 187. The Labute approximate surface area is 279 Å². The molecule has 0 spiro atoms. The van der Waals surface area contributed by atoms with Gasteiger partial charge in [0.15, 0.2) is 0 Å². The summed E-state index contributed by atoms with van der Waals surface area (Å²) in [5.41, 5.74) is 36.3. The van der Waals surface area contributed by atoms with Crippen molar-refractivity contribution in [3.05, 3.63) is 0 Å². The van der Waals surface area contributed by atoms with Crippen molar-refractivity contribution in [2.75, 3.05) is 52.9 Å². The van der Waals surface area contributed by atoms with E-state index in [2.05, 4.69) is 83.8 Å². The van der Waals surface area contributed by atoms with Crippen LogP contribution in [-0.2, 0) is 37.9 Å². The van der Waals surface area contributed by atoms with Crippen molar-refractivity contribution in [1.82, 2.24) is 0 Å². The molecule has 0 aromatic rings. The molecule has 0 aliphatic carbocycles. The molecule has 0 aromatic heterocycles. The molecule has 0 rings (SSSR count). The third-order valence-electron chi connectivity index (χ3n) is 2.29. The van der Waals surface area contributed by atoms with E-state index in [1.54, 1.807) is 55.4 Å². The van der Waals surface area contributed by atoms with Crippen molar-refractivity contribution in [3.63, 3.8) is 0 Å². The fourth-order valence-electron chi connectivity index (χ4n) is 1.14. The summed E-state index contributed by atoms with van der Waals surface area (Å²) >= 11 is 0. The summed E-state index contributed by atoms with van der Waals surface area (Å²) < 4.78 is 33.4. The molecular weight excluding hydrogens is 656 g/mol. The van der Waals surface area contributed by atoms with Crippen LogP contribution in [0.2, 0.25) is 0 Å². The molecule has 0 fully saturated rings. The van der Waals surface area contributed by atoms with Crippen LogP contribution in [0.25, 0.3) is 0 Å². The van der Waals surface area contributed by atoms with Gasteiger partial charge in [0.1, 0.15) is 0 Å². The molecule has 0 aliphatic heterocycles. The molecule has 0 heterocycles. The summed E-state index contributed by atoms with van der Waals surface area (Å²) in [7, 11) is 0. The van der Waals surface area contributed by atoms with E-state index in [1.807, 2.05) is 0 Å². The minimum Gasteiger partial charge on any atom is -0.450 e. The first-order chi connectivity index (χ1) is 22.2. The lowest BCUT2D eigenvalue weighted by atomic mass is 10.9. The number of carbonyl (C=O) groups excluding carboxylic acids is 8. The number of ether oxygens (including phenoxy) is 8. The monoisotopic (exact) mass is 712 g/mol. The number of nitrogens with two attached hydrogens (primary N) is 8. The van der Waals surface area contributed by atoms with Gasteiger partial charge in [0.2, 0.25) is 0 Å². The number of hydrogen-bond donors (Lipinski definition) is 8. The fraction of sp³-hybridized carbons (Fsp3) is 0.667. The Hall–Kier alpha value is -5.84. The minimum atomic E-state index is -0.711. The Balaban J connectivity index is -0.0000000635. The van der Waals surface area contributed by atoms with Crippen LogP contribution in [0.1, 0.15) is 55.4 Å². The highest BCUT2D eigenvalue weighted by Gasteiger charge is 1.86. The van der Waals surface area contributed by atoms with Crippen LogP contribution in [0.5, 0.6) is 0 Å². The molecule has 16 N–H and O–H groups in total. The summed E-state index contributed by atoms with van der Waals surface area (Å²) in [4.78, 5) is 76.8. The van der Waals surface area contributed by atoms with E-state index in [0.29, 0.717) is 52.9 Å². The van der Waals surface area contributed by atoms with Crippen LogP contribution >= 0.6 is 0 Å². The summed E-state index contributed by atoms with van der Waals surface area (Å²) in [6.07, 6.45) is -5.69. The normalized spacial score (nSPS) is 7.50. The van der Waals surface area contributed by atoms with Crippen LogP contribution in [0.3, 0.4) is 0 Å². The molecule has 0 bridgehead atoms. The van der Waals surface area contributed by atoms with Gasteiger partial charge in [-0.25, -0.2) is 38.4 Å². The molecule has 48 heavy (non-hydrogen) atoms. The van der Waals surface area contributed by atoms with E-state index in [1.165, 1.54) is 0 Å². The molecular formula is C24H56N8O16. The molecule has 0 aromatic carbocycles.